The maximum absolute atomic E-state index is 11.4. The summed E-state index contributed by atoms with van der Waals surface area (Å²) in [5.74, 6) is 0.147. The molecule has 98 valence electrons. The van der Waals surface area contributed by atoms with Gasteiger partial charge in [0.25, 0.3) is 0 Å². The normalized spacial score (nSPS) is 28.3. The third-order valence-electron chi connectivity index (χ3n) is 3.42. The van der Waals surface area contributed by atoms with Gasteiger partial charge in [-0.2, -0.15) is 0 Å². The smallest absolute Gasteiger partial charge is 0.221 e. The fraction of sp³-hybridized carbons (Fsp3) is 0.917. The summed E-state index contributed by atoms with van der Waals surface area (Å²) < 4.78 is 10.8. The Morgan fingerprint density at radius 3 is 2.94 bits per heavy atom. The fourth-order valence-electron chi connectivity index (χ4n) is 2.01. The largest absolute Gasteiger partial charge is 0.378 e. The Labute approximate surface area is 102 Å². The maximum atomic E-state index is 11.4. The van der Waals surface area contributed by atoms with E-state index < -0.39 is 0 Å². The number of rotatable bonds is 7. The van der Waals surface area contributed by atoms with E-state index in [-0.39, 0.29) is 11.5 Å². The van der Waals surface area contributed by atoms with Gasteiger partial charge in [0.2, 0.25) is 5.91 Å². The highest BCUT2D eigenvalue weighted by Gasteiger charge is 2.34. The highest BCUT2D eigenvalue weighted by molar-refractivity contribution is 5.76. The van der Waals surface area contributed by atoms with E-state index in [1.807, 2.05) is 0 Å². The minimum atomic E-state index is -0.188. The standard InChI is InChI=1S/C12H22N2O3/c1-16-12(5-7-17-9-12)8-13-6-4-11(15)14-10-2-3-10/h10,13H,2-9H2,1H3,(H,14,15). The van der Waals surface area contributed by atoms with Crippen molar-refractivity contribution in [2.75, 3.05) is 33.4 Å². The van der Waals surface area contributed by atoms with Crippen LogP contribution < -0.4 is 10.6 Å². The molecule has 1 amide bonds. The van der Waals surface area contributed by atoms with E-state index in [4.69, 9.17) is 9.47 Å². The second-order valence-electron chi connectivity index (χ2n) is 4.96. The average molecular weight is 242 g/mol. The van der Waals surface area contributed by atoms with E-state index in [0.29, 0.717) is 25.6 Å². The van der Waals surface area contributed by atoms with Gasteiger partial charge in [-0.25, -0.2) is 0 Å². The van der Waals surface area contributed by atoms with E-state index in [1.54, 1.807) is 7.11 Å². The van der Waals surface area contributed by atoms with Crippen molar-refractivity contribution in [3.63, 3.8) is 0 Å². The van der Waals surface area contributed by atoms with Crippen molar-refractivity contribution in [2.45, 2.75) is 37.3 Å². The van der Waals surface area contributed by atoms with Crippen LogP contribution in [0.4, 0.5) is 0 Å². The minimum Gasteiger partial charge on any atom is -0.378 e. The lowest BCUT2D eigenvalue weighted by Crippen LogP contribution is -2.43. The van der Waals surface area contributed by atoms with Gasteiger partial charge in [0.05, 0.1) is 6.61 Å². The van der Waals surface area contributed by atoms with Gasteiger partial charge in [-0.1, -0.05) is 0 Å². The molecule has 5 nitrogen and oxygen atoms in total. The Balaban J connectivity index is 1.56. The van der Waals surface area contributed by atoms with E-state index in [0.717, 1.165) is 32.4 Å². The Morgan fingerprint density at radius 1 is 1.53 bits per heavy atom. The molecule has 5 heteroatoms. The van der Waals surface area contributed by atoms with Crippen LogP contribution in [0, 0.1) is 0 Å². The summed E-state index contributed by atoms with van der Waals surface area (Å²) in [6.45, 7) is 2.85. The van der Waals surface area contributed by atoms with Crippen LogP contribution >= 0.6 is 0 Å². The fourth-order valence-corrected chi connectivity index (χ4v) is 2.01. The molecular formula is C12H22N2O3. The number of ether oxygens (including phenoxy) is 2. The lowest BCUT2D eigenvalue weighted by molar-refractivity contribution is -0.121. The molecule has 0 aromatic rings. The summed E-state index contributed by atoms with van der Waals surface area (Å²) in [5.41, 5.74) is -0.188. The van der Waals surface area contributed by atoms with E-state index in [2.05, 4.69) is 10.6 Å². The van der Waals surface area contributed by atoms with Gasteiger partial charge < -0.3 is 20.1 Å². The molecule has 1 atom stereocenters. The molecular weight excluding hydrogens is 220 g/mol. The van der Waals surface area contributed by atoms with Gasteiger partial charge in [-0.15, -0.1) is 0 Å². The number of methoxy groups -OCH3 is 1. The van der Waals surface area contributed by atoms with Crippen molar-refractivity contribution in [1.29, 1.82) is 0 Å². The monoisotopic (exact) mass is 242 g/mol. The molecule has 2 aliphatic rings. The number of amides is 1. The van der Waals surface area contributed by atoms with Crippen molar-refractivity contribution in [3.8, 4) is 0 Å². The summed E-state index contributed by atoms with van der Waals surface area (Å²) in [6, 6.07) is 0.455. The van der Waals surface area contributed by atoms with Crippen LogP contribution in [0.25, 0.3) is 0 Å². The highest BCUT2D eigenvalue weighted by atomic mass is 16.5. The van der Waals surface area contributed by atoms with Crippen molar-refractivity contribution in [3.05, 3.63) is 0 Å². The number of hydrogen-bond acceptors (Lipinski definition) is 4. The van der Waals surface area contributed by atoms with Gasteiger partial charge in [-0.3, -0.25) is 4.79 Å². The molecule has 0 aromatic carbocycles. The van der Waals surface area contributed by atoms with Crippen LogP contribution in [0.2, 0.25) is 0 Å². The molecule has 2 rings (SSSR count). The molecule has 1 heterocycles. The van der Waals surface area contributed by atoms with Crippen molar-refractivity contribution in [1.82, 2.24) is 10.6 Å². The van der Waals surface area contributed by atoms with Crippen LogP contribution in [0.1, 0.15) is 25.7 Å². The molecule has 2 fully saturated rings. The minimum absolute atomic E-state index is 0.147. The molecule has 17 heavy (non-hydrogen) atoms. The van der Waals surface area contributed by atoms with Crippen LogP contribution in [0.5, 0.6) is 0 Å². The number of hydrogen-bond donors (Lipinski definition) is 2. The van der Waals surface area contributed by atoms with Gasteiger partial charge in [0.15, 0.2) is 0 Å². The molecule has 1 aliphatic heterocycles. The van der Waals surface area contributed by atoms with Gasteiger partial charge in [-0.05, 0) is 12.8 Å². The topological polar surface area (TPSA) is 59.6 Å². The average Bonchev–Trinajstić information content (AvgIpc) is 3.01. The zero-order valence-corrected chi connectivity index (χ0v) is 10.5. The predicted octanol–water partition coefficient (Wildman–Crippen LogP) is 0.0502. The van der Waals surface area contributed by atoms with Crippen LogP contribution in [-0.2, 0) is 14.3 Å². The quantitative estimate of drug-likeness (QED) is 0.619. The molecule has 1 unspecified atom stereocenters. The maximum Gasteiger partial charge on any atom is 0.221 e. The van der Waals surface area contributed by atoms with Crippen molar-refractivity contribution >= 4 is 5.91 Å². The first-order valence-corrected chi connectivity index (χ1v) is 6.37. The Morgan fingerprint density at radius 2 is 2.35 bits per heavy atom. The highest BCUT2D eigenvalue weighted by Crippen LogP contribution is 2.21. The summed E-state index contributed by atoms with van der Waals surface area (Å²) in [5, 5.41) is 6.25. The molecule has 0 bridgehead atoms. The first kappa shape index (κ1) is 12.8. The first-order valence-electron chi connectivity index (χ1n) is 6.37. The Hall–Kier alpha value is -0.650. The van der Waals surface area contributed by atoms with Gasteiger partial charge >= 0.3 is 0 Å². The molecule has 1 saturated carbocycles. The van der Waals surface area contributed by atoms with E-state index in [9.17, 15) is 4.79 Å². The summed E-state index contributed by atoms with van der Waals surface area (Å²) >= 11 is 0. The molecule has 2 N–H and O–H groups in total. The SMILES string of the molecule is COC1(CNCCC(=O)NC2CC2)CCOC1. The third-order valence-corrected chi connectivity index (χ3v) is 3.42. The third kappa shape index (κ3) is 3.94. The van der Waals surface area contributed by atoms with Crippen LogP contribution in [0.3, 0.4) is 0 Å². The number of nitrogens with one attached hydrogen (secondary N) is 2. The molecule has 1 saturated heterocycles. The zero-order valence-electron chi connectivity index (χ0n) is 10.5. The second-order valence-corrected chi connectivity index (χ2v) is 4.96. The van der Waals surface area contributed by atoms with Gasteiger partial charge in [0.1, 0.15) is 5.60 Å². The number of carbonyl (C=O) groups is 1. The van der Waals surface area contributed by atoms with Crippen LogP contribution in [-0.4, -0.2) is 51.0 Å². The Kier molecular flexibility index (Phi) is 4.36. The lowest BCUT2D eigenvalue weighted by atomic mass is 10.0. The lowest BCUT2D eigenvalue weighted by Gasteiger charge is -2.25. The van der Waals surface area contributed by atoms with E-state index >= 15 is 0 Å². The Bertz CT molecular complexity index is 260. The summed E-state index contributed by atoms with van der Waals surface area (Å²) in [7, 11) is 1.72. The zero-order chi connectivity index (χ0) is 12.1. The predicted molar refractivity (Wildman–Crippen MR) is 63.8 cm³/mol. The van der Waals surface area contributed by atoms with Gasteiger partial charge in [0, 0.05) is 45.7 Å². The van der Waals surface area contributed by atoms with Crippen LogP contribution in [0.15, 0.2) is 0 Å². The van der Waals surface area contributed by atoms with E-state index in [1.165, 1.54) is 0 Å². The summed E-state index contributed by atoms with van der Waals surface area (Å²) in [4.78, 5) is 11.4. The van der Waals surface area contributed by atoms with Crippen molar-refractivity contribution in [2.24, 2.45) is 0 Å². The molecule has 0 spiro atoms. The first-order chi connectivity index (χ1) is 8.24. The molecule has 1 aliphatic carbocycles. The molecule has 0 aromatic heterocycles. The molecule has 0 radical (unpaired) electrons. The second kappa shape index (κ2) is 5.80. The van der Waals surface area contributed by atoms with Crippen molar-refractivity contribution < 1.29 is 14.3 Å². The number of carbonyl (C=O) groups excluding carboxylic acids is 1. The summed E-state index contributed by atoms with van der Waals surface area (Å²) in [6.07, 6.45) is 3.74.